The molecule has 0 unspecified atom stereocenters. The van der Waals surface area contributed by atoms with E-state index in [-0.39, 0.29) is 23.5 Å². The predicted octanol–water partition coefficient (Wildman–Crippen LogP) is 2.29. The number of aromatic nitrogens is 1. The van der Waals surface area contributed by atoms with Crippen molar-refractivity contribution in [3.05, 3.63) is 40.9 Å². The Kier molecular flexibility index (Phi) is 4.50. The van der Waals surface area contributed by atoms with E-state index in [1.807, 2.05) is 12.1 Å². The van der Waals surface area contributed by atoms with Gasteiger partial charge in [0.05, 0.1) is 11.5 Å². The highest BCUT2D eigenvalue weighted by molar-refractivity contribution is 7.91. The van der Waals surface area contributed by atoms with Crippen molar-refractivity contribution in [1.29, 1.82) is 0 Å². The molecule has 0 aliphatic carbocycles. The van der Waals surface area contributed by atoms with Gasteiger partial charge in [0.1, 0.15) is 10.7 Å². The van der Waals surface area contributed by atoms with Crippen molar-refractivity contribution in [2.45, 2.75) is 25.8 Å². The molecule has 2 aromatic rings. The van der Waals surface area contributed by atoms with Gasteiger partial charge in [-0.25, -0.2) is 13.4 Å². The Balaban J connectivity index is 1.69. The number of rotatable bonds is 4. The number of thiazole rings is 1. The standard InChI is InChI=1S/C16H18N2O3S2/c1-2-11-3-5-12(6-4-11)16-18-14(9-22-16)15(19)17-13-7-8-23(20,21)10-13/h3-6,9,13H,2,7-8,10H2,1H3,(H,17,19)/t13-/m0/s1. The van der Waals surface area contributed by atoms with Gasteiger partial charge in [0.2, 0.25) is 0 Å². The van der Waals surface area contributed by atoms with Crippen LogP contribution in [0.15, 0.2) is 29.6 Å². The van der Waals surface area contributed by atoms with Gasteiger partial charge in [-0.1, -0.05) is 31.2 Å². The van der Waals surface area contributed by atoms with Gasteiger partial charge in [-0.15, -0.1) is 11.3 Å². The van der Waals surface area contributed by atoms with E-state index in [9.17, 15) is 13.2 Å². The minimum Gasteiger partial charge on any atom is -0.347 e. The SMILES string of the molecule is CCc1ccc(-c2nc(C(=O)N[C@H]3CCS(=O)(=O)C3)cs2)cc1. The number of carbonyl (C=O) groups excluding carboxylic acids is 1. The zero-order valence-corrected chi connectivity index (χ0v) is 14.4. The molecule has 1 aliphatic rings. The lowest BCUT2D eigenvalue weighted by Crippen LogP contribution is -2.35. The van der Waals surface area contributed by atoms with Crippen molar-refractivity contribution in [2.75, 3.05) is 11.5 Å². The van der Waals surface area contributed by atoms with Crippen LogP contribution in [0.25, 0.3) is 10.6 Å². The highest BCUT2D eigenvalue weighted by Crippen LogP contribution is 2.24. The van der Waals surface area contributed by atoms with Crippen LogP contribution in [0.1, 0.15) is 29.4 Å². The summed E-state index contributed by atoms with van der Waals surface area (Å²) in [5.41, 5.74) is 2.58. The van der Waals surface area contributed by atoms with E-state index in [2.05, 4.69) is 29.4 Å². The number of hydrogen-bond donors (Lipinski definition) is 1. The minimum atomic E-state index is -3.00. The quantitative estimate of drug-likeness (QED) is 0.918. The van der Waals surface area contributed by atoms with Crippen LogP contribution in [0.2, 0.25) is 0 Å². The van der Waals surface area contributed by atoms with Gasteiger partial charge in [-0.05, 0) is 18.4 Å². The third-order valence-electron chi connectivity index (χ3n) is 3.91. The number of nitrogens with one attached hydrogen (secondary N) is 1. The van der Waals surface area contributed by atoms with Crippen LogP contribution in [-0.4, -0.2) is 36.9 Å². The van der Waals surface area contributed by atoms with Gasteiger partial charge >= 0.3 is 0 Å². The van der Waals surface area contributed by atoms with Crippen molar-refractivity contribution in [2.24, 2.45) is 0 Å². The number of benzene rings is 1. The van der Waals surface area contributed by atoms with E-state index in [4.69, 9.17) is 0 Å². The van der Waals surface area contributed by atoms with Crippen LogP contribution in [-0.2, 0) is 16.3 Å². The molecule has 1 N–H and O–H groups in total. The highest BCUT2D eigenvalue weighted by Gasteiger charge is 2.29. The Morgan fingerprint density at radius 2 is 2.09 bits per heavy atom. The molecule has 5 nitrogen and oxygen atoms in total. The normalized spacial score (nSPS) is 19.6. The van der Waals surface area contributed by atoms with Gasteiger partial charge in [0, 0.05) is 17.0 Å². The monoisotopic (exact) mass is 350 g/mol. The van der Waals surface area contributed by atoms with Crippen molar-refractivity contribution >= 4 is 27.1 Å². The van der Waals surface area contributed by atoms with Gasteiger partial charge in [-0.2, -0.15) is 0 Å². The van der Waals surface area contributed by atoms with E-state index < -0.39 is 9.84 Å². The zero-order valence-electron chi connectivity index (χ0n) is 12.8. The summed E-state index contributed by atoms with van der Waals surface area (Å²) in [5, 5.41) is 5.26. The van der Waals surface area contributed by atoms with E-state index >= 15 is 0 Å². The second-order valence-electron chi connectivity index (χ2n) is 5.66. The Bertz CT molecular complexity index is 810. The number of sulfone groups is 1. The fourth-order valence-corrected chi connectivity index (χ4v) is 5.04. The third-order valence-corrected chi connectivity index (χ3v) is 6.57. The Morgan fingerprint density at radius 1 is 1.35 bits per heavy atom. The molecule has 1 atom stereocenters. The first kappa shape index (κ1) is 16.1. The first-order chi connectivity index (χ1) is 11.0. The smallest absolute Gasteiger partial charge is 0.271 e. The summed E-state index contributed by atoms with van der Waals surface area (Å²) >= 11 is 1.41. The second kappa shape index (κ2) is 6.41. The van der Waals surface area contributed by atoms with E-state index in [1.54, 1.807) is 5.38 Å². The molecular formula is C16H18N2O3S2. The number of aryl methyl sites for hydroxylation is 1. The largest absolute Gasteiger partial charge is 0.347 e. The van der Waals surface area contributed by atoms with Crippen molar-refractivity contribution < 1.29 is 13.2 Å². The van der Waals surface area contributed by atoms with Gasteiger partial charge in [-0.3, -0.25) is 4.79 Å². The summed E-state index contributed by atoms with van der Waals surface area (Å²) in [6, 6.07) is 7.81. The summed E-state index contributed by atoms with van der Waals surface area (Å²) < 4.78 is 22.9. The molecule has 1 aromatic carbocycles. The van der Waals surface area contributed by atoms with Crippen molar-refractivity contribution in [1.82, 2.24) is 10.3 Å². The molecule has 1 aliphatic heterocycles. The Morgan fingerprint density at radius 3 is 2.70 bits per heavy atom. The molecule has 0 saturated carbocycles. The maximum Gasteiger partial charge on any atom is 0.271 e. The molecule has 1 fully saturated rings. The lowest BCUT2D eigenvalue weighted by molar-refractivity contribution is 0.0937. The van der Waals surface area contributed by atoms with E-state index in [0.29, 0.717) is 12.1 Å². The van der Waals surface area contributed by atoms with Crippen LogP contribution < -0.4 is 5.32 Å². The van der Waals surface area contributed by atoms with Gasteiger partial charge in [0.25, 0.3) is 5.91 Å². The van der Waals surface area contributed by atoms with Crippen molar-refractivity contribution in [3.63, 3.8) is 0 Å². The van der Waals surface area contributed by atoms with Crippen LogP contribution in [0, 0.1) is 0 Å². The third kappa shape index (κ3) is 3.79. The average Bonchev–Trinajstić information content (AvgIpc) is 3.14. The molecule has 0 spiro atoms. The molecule has 0 bridgehead atoms. The first-order valence-electron chi connectivity index (χ1n) is 7.53. The lowest BCUT2D eigenvalue weighted by atomic mass is 10.1. The molecule has 1 aromatic heterocycles. The summed E-state index contributed by atoms with van der Waals surface area (Å²) in [4.78, 5) is 16.6. The minimum absolute atomic E-state index is 0.0220. The Labute approximate surface area is 139 Å². The van der Waals surface area contributed by atoms with Crippen LogP contribution in [0.3, 0.4) is 0 Å². The summed E-state index contributed by atoms with van der Waals surface area (Å²) in [6.45, 7) is 2.10. The second-order valence-corrected chi connectivity index (χ2v) is 8.75. The molecule has 7 heteroatoms. The highest BCUT2D eigenvalue weighted by atomic mass is 32.2. The van der Waals surface area contributed by atoms with E-state index in [1.165, 1.54) is 16.9 Å². The first-order valence-corrected chi connectivity index (χ1v) is 10.2. The van der Waals surface area contributed by atoms with Crippen LogP contribution >= 0.6 is 11.3 Å². The topological polar surface area (TPSA) is 76.1 Å². The predicted molar refractivity (Wildman–Crippen MR) is 91.5 cm³/mol. The maximum absolute atomic E-state index is 12.2. The summed E-state index contributed by atoms with van der Waals surface area (Å²) in [7, 11) is -3.00. The molecule has 23 heavy (non-hydrogen) atoms. The fourth-order valence-electron chi connectivity index (χ4n) is 2.56. The van der Waals surface area contributed by atoms with Crippen LogP contribution in [0.5, 0.6) is 0 Å². The van der Waals surface area contributed by atoms with Gasteiger partial charge in [0.15, 0.2) is 9.84 Å². The molecule has 1 amide bonds. The van der Waals surface area contributed by atoms with E-state index in [0.717, 1.165) is 17.0 Å². The maximum atomic E-state index is 12.2. The average molecular weight is 350 g/mol. The number of carbonyl (C=O) groups is 1. The molecular weight excluding hydrogens is 332 g/mol. The lowest BCUT2D eigenvalue weighted by Gasteiger charge is -2.08. The number of nitrogens with zero attached hydrogens (tertiary/aromatic N) is 1. The molecule has 1 saturated heterocycles. The molecule has 3 rings (SSSR count). The molecule has 2 heterocycles. The Hall–Kier alpha value is -1.73. The number of amides is 1. The molecule has 0 radical (unpaired) electrons. The number of hydrogen-bond acceptors (Lipinski definition) is 5. The zero-order chi connectivity index (χ0) is 16.4. The summed E-state index contributed by atoms with van der Waals surface area (Å²) in [6.07, 6.45) is 1.46. The molecule has 122 valence electrons. The van der Waals surface area contributed by atoms with Gasteiger partial charge < -0.3 is 5.32 Å². The van der Waals surface area contributed by atoms with Crippen LogP contribution in [0.4, 0.5) is 0 Å². The summed E-state index contributed by atoms with van der Waals surface area (Å²) in [5.74, 6) is -0.141. The van der Waals surface area contributed by atoms with Crippen molar-refractivity contribution in [3.8, 4) is 10.6 Å². The fraction of sp³-hybridized carbons (Fsp3) is 0.375.